The van der Waals surface area contributed by atoms with Gasteiger partial charge in [-0.1, -0.05) is 25.0 Å². The van der Waals surface area contributed by atoms with Crippen molar-refractivity contribution in [3.05, 3.63) is 12.2 Å². The Bertz CT molecular complexity index is 148. The molecule has 2 N–H and O–H groups in total. The number of aliphatic hydroxyl groups is 1. The quantitative estimate of drug-likeness (QED) is 0.493. The van der Waals surface area contributed by atoms with Gasteiger partial charge in [0.15, 0.2) is 0 Å². The maximum Gasteiger partial charge on any atom is 0.0771 e. The first-order chi connectivity index (χ1) is 5.77. The van der Waals surface area contributed by atoms with Crippen LogP contribution >= 0.6 is 0 Å². The number of hydrogen-bond acceptors (Lipinski definition) is 2. The lowest BCUT2D eigenvalue weighted by molar-refractivity contribution is 0.0488. The first-order valence-electron chi connectivity index (χ1n) is 4.81. The third kappa shape index (κ3) is 2.95. The molecule has 1 saturated carbocycles. The third-order valence-electron chi connectivity index (χ3n) is 2.49. The minimum Gasteiger partial charge on any atom is -0.389 e. The van der Waals surface area contributed by atoms with E-state index >= 15 is 0 Å². The van der Waals surface area contributed by atoms with E-state index in [1.807, 2.05) is 13.0 Å². The summed E-state index contributed by atoms with van der Waals surface area (Å²) >= 11 is 0. The van der Waals surface area contributed by atoms with Gasteiger partial charge in [-0.3, -0.25) is 0 Å². The Morgan fingerprint density at radius 2 is 2.08 bits per heavy atom. The summed E-state index contributed by atoms with van der Waals surface area (Å²) in [5.74, 6) is 0. The SMILES string of the molecule is C/C=C/CNCC1(O)CCCC1. The topological polar surface area (TPSA) is 32.3 Å². The minimum absolute atomic E-state index is 0.401. The van der Waals surface area contributed by atoms with Crippen LogP contribution in [-0.4, -0.2) is 23.8 Å². The summed E-state index contributed by atoms with van der Waals surface area (Å²) < 4.78 is 0. The maximum absolute atomic E-state index is 9.90. The summed E-state index contributed by atoms with van der Waals surface area (Å²) in [6, 6.07) is 0. The van der Waals surface area contributed by atoms with Crippen molar-refractivity contribution in [1.29, 1.82) is 0 Å². The molecule has 2 nitrogen and oxygen atoms in total. The van der Waals surface area contributed by atoms with Crippen molar-refractivity contribution in [1.82, 2.24) is 5.32 Å². The predicted molar refractivity (Wildman–Crippen MR) is 51.1 cm³/mol. The van der Waals surface area contributed by atoms with Gasteiger partial charge in [0, 0.05) is 13.1 Å². The van der Waals surface area contributed by atoms with Crippen molar-refractivity contribution >= 4 is 0 Å². The first-order valence-corrected chi connectivity index (χ1v) is 4.81. The molecule has 1 aliphatic rings. The fraction of sp³-hybridized carbons (Fsp3) is 0.800. The zero-order valence-electron chi connectivity index (χ0n) is 7.84. The second-order valence-corrected chi connectivity index (χ2v) is 3.63. The highest BCUT2D eigenvalue weighted by Crippen LogP contribution is 2.28. The van der Waals surface area contributed by atoms with E-state index in [1.54, 1.807) is 0 Å². The van der Waals surface area contributed by atoms with E-state index in [9.17, 15) is 5.11 Å². The molecule has 70 valence electrons. The normalized spacial score (nSPS) is 22.2. The molecule has 0 unspecified atom stereocenters. The molecule has 2 heteroatoms. The van der Waals surface area contributed by atoms with Crippen LogP contribution in [0.4, 0.5) is 0 Å². The molecule has 0 saturated heterocycles. The van der Waals surface area contributed by atoms with E-state index < -0.39 is 5.60 Å². The molecule has 0 radical (unpaired) electrons. The molecule has 0 bridgehead atoms. The van der Waals surface area contributed by atoms with Crippen LogP contribution in [0.5, 0.6) is 0 Å². The van der Waals surface area contributed by atoms with E-state index in [4.69, 9.17) is 0 Å². The average Bonchev–Trinajstić information content (AvgIpc) is 2.47. The second kappa shape index (κ2) is 4.63. The molecule has 0 heterocycles. The molecule has 1 aliphatic carbocycles. The van der Waals surface area contributed by atoms with Crippen molar-refractivity contribution in [2.45, 2.75) is 38.2 Å². The molecule has 12 heavy (non-hydrogen) atoms. The molecule has 0 atom stereocenters. The molecular formula is C10H19NO. The number of hydrogen-bond donors (Lipinski definition) is 2. The number of allylic oxidation sites excluding steroid dienone is 1. The Balaban J connectivity index is 2.12. The number of rotatable bonds is 4. The van der Waals surface area contributed by atoms with Gasteiger partial charge >= 0.3 is 0 Å². The van der Waals surface area contributed by atoms with Gasteiger partial charge in [-0.2, -0.15) is 0 Å². The summed E-state index contributed by atoms with van der Waals surface area (Å²) in [5.41, 5.74) is -0.401. The van der Waals surface area contributed by atoms with Crippen LogP contribution in [0, 0.1) is 0 Å². The molecule has 0 aliphatic heterocycles. The largest absolute Gasteiger partial charge is 0.389 e. The highest BCUT2D eigenvalue weighted by molar-refractivity contribution is 4.88. The van der Waals surface area contributed by atoms with E-state index in [-0.39, 0.29) is 0 Å². The van der Waals surface area contributed by atoms with E-state index in [0.29, 0.717) is 0 Å². The lowest BCUT2D eigenvalue weighted by atomic mass is 10.0. The van der Waals surface area contributed by atoms with Crippen LogP contribution in [0.3, 0.4) is 0 Å². The minimum atomic E-state index is -0.401. The fourth-order valence-corrected chi connectivity index (χ4v) is 1.72. The Kier molecular flexibility index (Phi) is 3.76. The zero-order valence-corrected chi connectivity index (χ0v) is 7.84. The van der Waals surface area contributed by atoms with Gasteiger partial charge in [-0.15, -0.1) is 0 Å². The van der Waals surface area contributed by atoms with Crippen LogP contribution in [0.25, 0.3) is 0 Å². The standard InChI is InChI=1S/C10H19NO/c1-2-3-8-11-9-10(12)6-4-5-7-10/h2-3,11-12H,4-9H2,1H3/b3-2+. The van der Waals surface area contributed by atoms with Gasteiger partial charge < -0.3 is 10.4 Å². The average molecular weight is 169 g/mol. The highest BCUT2D eigenvalue weighted by Gasteiger charge is 2.29. The van der Waals surface area contributed by atoms with Crippen molar-refractivity contribution in [3.63, 3.8) is 0 Å². The molecule has 0 amide bonds. The van der Waals surface area contributed by atoms with Crippen molar-refractivity contribution in [2.75, 3.05) is 13.1 Å². The highest BCUT2D eigenvalue weighted by atomic mass is 16.3. The molecule has 0 aromatic carbocycles. The lowest BCUT2D eigenvalue weighted by Crippen LogP contribution is -2.37. The Labute approximate surface area is 74.7 Å². The molecule has 0 aromatic rings. The van der Waals surface area contributed by atoms with Crippen LogP contribution in [-0.2, 0) is 0 Å². The summed E-state index contributed by atoms with van der Waals surface area (Å²) in [4.78, 5) is 0. The Hall–Kier alpha value is -0.340. The molecule has 0 spiro atoms. The van der Waals surface area contributed by atoms with Crippen molar-refractivity contribution in [3.8, 4) is 0 Å². The smallest absolute Gasteiger partial charge is 0.0771 e. The summed E-state index contributed by atoms with van der Waals surface area (Å²) in [6.07, 6.45) is 8.39. The van der Waals surface area contributed by atoms with Crippen molar-refractivity contribution in [2.24, 2.45) is 0 Å². The Morgan fingerprint density at radius 1 is 1.42 bits per heavy atom. The summed E-state index contributed by atoms with van der Waals surface area (Å²) in [5, 5.41) is 13.1. The lowest BCUT2D eigenvalue weighted by Gasteiger charge is -2.21. The molecular weight excluding hydrogens is 150 g/mol. The van der Waals surface area contributed by atoms with Gasteiger partial charge in [0.25, 0.3) is 0 Å². The molecule has 1 fully saturated rings. The van der Waals surface area contributed by atoms with E-state index in [2.05, 4.69) is 11.4 Å². The van der Waals surface area contributed by atoms with Gasteiger partial charge in [-0.25, -0.2) is 0 Å². The zero-order chi connectivity index (χ0) is 8.86. The van der Waals surface area contributed by atoms with Gasteiger partial charge in [0.05, 0.1) is 5.60 Å². The third-order valence-corrected chi connectivity index (χ3v) is 2.49. The van der Waals surface area contributed by atoms with Gasteiger partial charge in [-0.05, 0) is 19.8 Å². The van der Waals surface area contributed by atoms with Crippen LogP contribution < -0.4 is 5.32 Å². The van der Waals surface area contributed by atoms with Crippen LogP contribution in [0.2, 0.25) is 0 Å². The van der Waals surface area contributed by atoms with Gasteiger partial charge in [0.1, 0.15) is 0 Å². The summed E-state index contributed by atoms with van der Waals surface area (Å²) in [6.45, 7) is 3.63. The van der Waals surface area contributed by atoms with E-state index in [1.165, 1.54) is 12.8 Å². The predicted octanol–water partition coefficient (Wildman–Crippen LogP) is 1.46. The Morgan fingerprint density at radius 3 is 2.67 bits per heavy atom. The fourth-order valence-electron chi connectivity index (χ4n) is 1.72. The monoisotopic (exact) mass is 169 g/mol. The molecule has 1 rings (SSSR count). The van der Waals surface area contributed by atoms with E-state index in [0.717, 1.165) is 25.9 Å². The second-order valence-electron chi connectivity index (χ2n) is 3.63. The summed E-state index contributed by atoms with van der Waals surface area (Å²) in [7, 11) is 0. The van der Waals surface area contributed by atoms with Gasteiger partial charge in [0.2, 0.25) is 0 Å². The maximum atomic E-state index is 9.90. The number of nitrogens with one attached hydrogen (secondary N) is 1. The van der Waals surface area contributed by atoms with Crippen molar-refractivity contribution < 1.29 is 5.11 Å². The first kappa shape index (κ1) is 9.75. The molecule has 0 aromatic heterocycles. The van der Waals surface area contributed by atoms with Crippen LogP contribution in [0.15, 0.2) is 12.2 Å². The van der Waals surface area contributed by atoms with Crippen LogP contribution in [0.1, 0.15) is 32.6 Å².